The van der Waals surface area contributed by atoms with Gasteiger partial charge in [-0.15, -0.1) is 0 Å². The first-order valence-corrected chi connectivity index (χ1v) is 8.56. The van der Waals surface area contributed by atoms with Crippen molar-refractivity contribution in [2.75, 3.05) is 16.8 Å². The van der Waals surface area contributed by atoms with Gasteiger partial charge in [0, 0.05) is 0 Å². The minimum atomic E-state index is 0.0934. The third kappa shape index (κ3) is 3.26. The predicted octanol–water partition coefficient (Wildman–Crippen LogP) is 4.43. The zero-order valence-corrected chi connectivity index (χ0v) is 13.9. The second-order valence-electron chi connectivity index (χ2n) is 6.29. The van der Waals surface area contributed by atoms with Gasteiger partial charge in [0.15, 0.2) is 0 Å². The van der Waals surface area contributed by atoms with E-state index in [1.807, 2.05) is 77.7 Å². The normalized spacial score (nSPS) is 16.0. The van der Waals surface area contributed by atoms with Gasteiger partial charge in [0.1, 0.15) is 0 Å². The first kappa shape index (κ1) is 15.5. The van der Waals surface area contributed by atoms with Crippen molar-refractivity contribution in [2.24, 2.45) is 0 Å². The van der Waals surface area contributed by atoms with Crippen LogP contribution in [-0.2, 0) is 11.2 Å². The lowest BCUT2D eigenvalue weighted by molar-refractivity contribution is -0.118. The zero-order valence-electron chi connectivity index (χ0n) is 13.9. The third-order valence-electron chi connectivity index (χ3n) is 4.59. The maximum Gasteiger partial charge on any atom is 0.231 e. The van der Waals surface area contributed by atoms with E-state index in [0.717, 1.165) is 16.9 Å². The molecule has 1 aliphatic rings. The first-order chi connectivity index (χ1) is 12.3. The van der Waals surface area contributed by atoms with Crippen LogP contribution in [0.15, 0.2) is 84.9 Å². The highest BCUT2D eigenvalue weighted by atomic mass is 16.2. The lowest BCUT2D eigenvalue weighted by Crippen LogP contribution is -2.41. The van der Waals surface area contributed by atoms with Gasteiger partial charge in [-0.2, -0.15) is 0 Å². The zero-order chi connectivity index (χ0) is 17.1. The molecule has 3 nitrogen and oxygen atoms in total. The van der Waals surface area contributed by atoms with E-state index in [9.17, 15) is 4.79 Å². The van der Waals surface area contributed by atoms with E-state index in [1.54, 1.807) is 0 Å². The molecule has 0 aromatic heterocycles. The number of nitrogens with one attached hydrogen (secondary N) is 1. The van der Waals surface area contributed by atoms with Crippen LogP contribution in [0.25, 0.3) is 0 Å². The third-order valence-corrected chi connectivity index (χ3v) is 4.59. The molecule has 0 saturated heterocycles. The molecule has 0 fully saturated rings. The summed E-state index contributed by atoms with van der Waals surface area (Å²) in [4.78, 5) is 14.9. The molecule has 0 spiro atoms. The summed E-state index contributed by atoms with van der Waals surface area (Å²) in [5, 5.41) is 3.57. The van der Waals surface area contributed by atoms with Gasteiger partial charge in [-0.05, 0) is 23.3 Å². The fourth-order valence-electron chi connectivity index (χ4n) is 3.32. The topological polar surface area (TPSA) is 32.3 Å². The second-order valence-corrected chi connectivity index (χ2v) is 6.29. The Labute approximate surface area is 147 Å². The summed E-state index contributed by atoms with van der Waals surface area (Å²) in [6.07, 6.45) is 0.413. The van der Waals surface area contributed by atoms with Crippen molar-refractivity contribution in [3.05, 3.63) is 96.1 Å². The van der Waals surface area contributed by atoms with Gasteiger partial charge in [0.25, 0.3) is 0 Å². The number of amides is 1. The minimum Gasteiger partial charge on any atom is -0.375 e. The Balaban J connectivity index is 1.64. The molecule has 1 atom stereocenters. The SMILES string of the molecule is O=C(Cc1ccccc1)N1CC(c2ccccc2)Nc2ccccc21. The molecule has 0 aliphatic carbocycles. The quantitative estimate of drug-likeness (QED) is 0.771. The number of hydrogen-bond acceptors (Lipinski definition) is 2. The predicted molar refractivity (Wildman–Crippen MR) is 102 cm³/mol. The number of carbonyl (C=O) groups is 1. The van der Waals surface area contributed by atoms with Crippen molar-refractivity contribution in [2.45, 2.75) is 12.5 Å². The summed E-state index contributed by atoms with van der Waals surface area (Å²) >= 11 is 0. The molecular weight excluding hydrogens is 308 g/mol. The Kier molecular flexibility index (Phi) is 4.21. The lowest BCUT2D eigenvalue weighted by atomic mass is 10.0. The molecule has 3 aromatic rings. The molecular formula is C22H20N2O. The molecule has 0 saturated carbocycles. The molecule has 1 aliphatic heterocycles. The molecule has 1 N–H and O–H groups in total. The van der Waals surface area contributed by atoms with Crippen LogP contribution in [0.5, 0.6) is 0 Å². The first-order valence-electron chi connectivity index (χ1n) is 8.56. The molecule has 1 heterocycles. The van der Waals surface area contributed by atoms with Crippen LogP contribution < -0.4 is 10.2 Å². The van der Waals surface area contributed by atoms with E-state index in [1.165, 1.54) is 5.56 Å². The van der Waals surface area contributed by atoms with Crippen molar-refractivity contribution < 1.29 is 4.79 Å². The van der Waals surface area contributed by atoms with Crippen molar-refractivity contribution in [3.63, 3.8) is 0 Å². The standard InChI is InChI=1S/C22H20N2O/c25-22(15-17-9-3-1-4-10-17)24-16-20(18-11-5-2-6-12-18)23-19-13-7-8-14-21(19)24/h1-14,20,23H,15-16H2. The van der Waals surface area contributed by atoms with Crippen LogP contribution in [-0.4, -0.2) is 12.5 Å². The molecule has 4 rings (SSSR count). The molecule has 1 unspecified atom stereocenters. The summed E-state index contributed by atoms with van der Waals surface area (Å²) in [6, 6.07) is 28.3. The van der Waals surface area contributed by atoms with E-state index in [0.29, 0.717) is 13.0 Å². The van der Waals surface area contributed by atoms with Gasteiger partial charge in [0.05, 0.1) is 30.4 Å². The van der Waals surface area contributed by atoms with Crippen LogP contribution in [0.1, 0.15) is 17.2 Å². The Morgan fingerprint density at radius 1 is 0.880 bits per heavy atom. The van der Waals surface area contributed by atoms with Gasteiger partial charge in [-0.1, -0.05) is 72.8 Å². The van der Waals surface area contributed by atoms with E-state index < -0.39 is 0 Å². The number of anilines is 2. The summed E-state index contributed by atoms with van der Waals surface area (Å²) in [5.74, 6) is 0.126. The van der Waals surface area contributed by atoms with E-state index in [4.69, 9.17) is 0 Å². The Morgan fingerprint density at radius 2 is 1.52 bits per heavy atom. The molecule has 0 radical (unpaired) electrons. The summed E-state index contributed by atoms with van der Waals surface area (Å²) in [7, 11) is 0. The average Bonchev–Trinajstić information content (AvgIpc) is 2.68. The highest BCUT2D eigenvalue weighted by molar-refractivity contribution is 5.99. The lowest BCUT2D eigenvalue weighted by Gasteiger charge is -2.36. The van der Waals surface area contributed by atoms with Gasteiger partial charge in [-0.25, -0.2) is 0 Å². The van der Waals surface area contributed by atoms with Crippen LogP contribution in [0.3, 0.4) is 0 Å². The molecule has 1 amide bonds. The number of rotatable bonds is 3. The van der Waals surface area contributed by atoms with Crippen molar-refractivity contribution in [1.82, 2.24) is 0 Å². The highest BCUT2D eigenvalue weighted by Crippen LogP contribution is 2.35. The number of benzene rings is 3. The highest BCUT2D eigenvalue weighted by Gasteiger charge is 2.28. The molecule has 3 heteroatoms. The van der Waals surface area contributed by atoms with E-state index in [-0.39, 0.29) is 11.9 Å². The number of hydrogen-bond donors (Lipinski definition) is 1. The maximum absolute atomic E-state index is 13.0. The van der Waals surface area contributed by atoms with Crippen LogP contribution in [0.2, 0.25) is 0 Å². The largest absolute Gasteiger partial charge is 0.375 e. The smallest absolute Gasteiger partial charge is 0.231 e. The number of para-hydroxylation sites is 2. The Bertz CT molecular complexity index is 861. The molecule has 3 aromatic carbocycles. The minimum absolute atomic E-state index is 0.0934. The van der Waals surface area contributed by atoms with Gasteiger partial charge in [-0.3, -0.25) is 4.79 Å². The van der Waals surface area contributed by atoms with Crippen LogP contribution >= 0.6 is 0 Å². The Hall–Kier alpha value is -3.07. The number of carbonyl (C=O) groups excluding carboxylic acids is 1. The van der Waals surface area contributed by atoms with Crippen LogP contribution in [0, 0.1) is 0 Å². The van der Waals surface area contributed by atoms with Gasteiger partial charge in [0.2, 0.25) is 5.91 Å². The van der Waals surface area contributed by atoms with Gasteiger partial charge < -0.3 is 10.2 Å². The summed E-state index contributed by atoms with van der Waals surface area (Å²) in [5.41, 5.74) is 4.19. The fraction of sp³-hybridized carbons (Fsp3) is 0.136. The van der Waals surface area contributed by atoms with Crippen molar-refractivity contribution >= 4 is 17.3 Å². The second kappa shape index (κ2) is 6.81. The molecule has 25 heavy (non-hydrogen) atoms. The monoisotopic (exact) mass is 328 g/mol. The van der Waals surface area contributed by atoms with Crippen molar-refractivity contribution in [3.8, 4) is 0 Å². The Morgan fingerprint density at radius 3 is 2.28 bits per heavy atom. The maximum atomic E-state index is 13.0. The molecule has 124 valence electrons. The van der Waals surface area contributed by atoms with E-state index >= 15 is 0 Å². The molecule has 0 bridgehead atoms. The fourth-order valence-corrected chi connectivity index (χ4v) is 3.32. The number of fused-ring (bicyclic) bond motifs is 1. The van der Waals surface area contributed by atoms with Crippen LogP contribution in [0.4, 0.5) is 11.4 Å². The number of nitrogens with zero attached hydrogens (tertiary/aromatic N) is 1. The average molecular weight is 328 g/mol. The van der Waals surface area contributed by atoms with E-state index in [2.05, 4.69) is 17.4 Å². The summed E-state index contributed by atoms with van der Waals surface area (Å²) < 4.78 is 0. The van der Waals surface area contributed by atoms with Crippen molar-refractivity contribution in [1.29, 1.82) is 0 Å². The summed E-state index contributed by atoms with van der Waals surface area (Å²) in [6.45, 7) is 0.632. The van der Waals surface area contributed by atoms with Gasteiger partial charge >= 0.3 is 0 Å².